The molecular formula is C12H23N3O2. The smallest absolute Gasteiger partial charge is 0.312 e. The molecule has 1 saturated carbocycles. The number of rotatable bonds is 4. The average Bonchev–Trinajstić information content (AvgIpc) is 2.26. The Morgan fingerprint density at radius 3 is 2.24 bits per heavy atom. The molecule has 0 aliphatic heterocycles. The molecule has 98 valence electrons. The van der Waals surface area contributed by atoms with E-state index in [0.717, 1.165) is 12.8 Å². The molecule has 1 rings (SSSR count). The molecule has 0 spiro atoms. The van der Waals surface area contributed by atoms with Crippen molar-refractivity contribution in [1.29, 1.82) is 0 Å². The largest absolute Gasteiger partial charge is 0.352 e. The van der Waals surface area contributed by atoms with E-state index in [1.165, 1.54) is 19.3 Å². The predicted molar refractivity (Wildman–Crippen MR) is 66.4 cm³/mol. The third kappa shape index (κ3) is 4.63. The van der Waals surface area contributed by atoms with Crippen LogP contribution in [-0.4, -0.2) is 24.0 Å². The lowest BCUT2D eigenvalue weighted by molar-refractivity contribution is -0.124. The molecule has 0 aromatic rings. The standard InChI is InChI=1S/C12H23N3O2/c1-8(2)10(15-12(13)17)11(16)14-9-6-4-3-5-7-9/h8-10H,3-7H2,1-2H3,(H,14,16)(H3,13,15,17)/t10-/m1/s1. The van der Waals surface area contributed by atoms with Gasteiger partial charge < -0.3 is 16.4 Å². The van der Waals surface area contributed by atoms with Gasteiger partial charge in [0.2, 0.25) is 5.91 Å². The van der Waals surface area contributed by atoms with Crippen LogP contribution in [0.5, 0.6) is 0 Å². The van der Waals surface area contributed by atoms with Crippen LogP contribution >= 0.6 is 0 Å². The van der Waals surface area contributed by atoms with Crippen molar-refractivity contribution in [2.45, 2.75) is 58.0 Å². The first-order valence-electron chi connectivity index (χ1n) is 6.37. The maximum Gasteiger partial charge on any atom is 0.312 e. The molecule has 0 saturated heterocycles. The van der Waals surface area contributed by atoms with Crippen LogP contribution in [0, 0.1) is 5.92 Å². The Hall–Kier alpha value is -1.26. The van der Waals surface area contributed by atoms with E-state index in [1.54, 1.807) is 0 Å². The van der Waals surface area contributed by atoms with Crippen molar-refractivity contribution in [3.8, 4) is 0 Å². The molecule has 17 heavy (non-hydrogen) atoms. The van der Waals surface area contributed by atoms with Crippen LogP contribution in [0.15, 0.2) is 0 Å². The second-order valence-corrected chi connectivity index (χ2v) is 5.07. The quantitative estimate of drug-likeness (QED) is 0.689. The van der Waals surface area contributed by atoms with E-state index in [1.807, 2.05) is 13.8 Å². The van der Waals surface area contributed by atoms with Crippen LogP contribution in [-0.2, 0) is 4.79 Å². The van der Waals surface area contributed by atoms with Gasteiger partial charge in [-0.15, -0.1) is 0 Å². The molecule has 0 aromatic carbocycles. The van der Waals surface area contributed by atoms with Gasteiger partial charge in [-0.3, -0.25) is 4.79 Å². The Morgan fingerprint density at radius 2 is 1.76 bits per heavy atom. The van der Waals surface area contributed by atoms with Crippen LogP contribution < -0.4 is 16.4 Å². The molecule has 1 aliphatic rings. The lowest BCUT2D eigenvalue weighted by Crippen LogP contribution is -2.53. The molecule has 1 atom stereocenters. The van der Waals surface area contributed by atoms with Crippen molar-refractivity contribution < 1.29 is 9.59 Å². The second-order valence-electron chi connectivity index (χ2n) is 5.07. The summed E-state index contributed by atoms with van der Waals surface area (Å²) in [6.07, 6.45) is 5.65. The Labute approximate surface area is 103 Å². The molecule has 0 radical (unpaired) electrons. The Kier molecular flexibility index (Phi) is 5.25. The summed E-state index contributed by atoms with van der Waals surface area (Å²) in [5, 5.41) is 5.49. The highest BCUT2D eigenvalue weighted by molar-refractivity contribution is 5.86. The molecule has 1 fully saturated rings. The molecule has 0 unspecified atom stereocenters. The maximum atomic E-state index is 12.0. The van der Waals surface area contributed by atoms with E-state index in [4.69, 9.17) is 5.73 Å². The molecule has 1 aliphatic carbocycles. The molecule has 5 heteroatoms. The number of carbonyl (C=O) groups is 2. The number of hydrogen-bond acceptors (Lipinski definition) is 2. The number of hydrogen-bond donors (Lipinski definition) is 3. The highest BCUT2D eigenvalue weighted by Crippen LogP contribution is 2.17. The van der Waals surface area contributed by atoms with E-state index in [9.17, 15) is 9.59 Å². The van der Waals surface area contributed by atoms with Crippen molar-refractivity contribution in [3.63, 3.8) is 0 Å². The predicted octanol–water partition coefficient (Wildman–Crippen LogP) is 1.13. The highest BCUT2D eigenvalue weighted by Gasteiger charge is 2.25. The average molecular weight is 241 g/mol. The van der Waals surface area contributed by atoms with E-state index in [0.29, 0.717) is 0 Å². The van der Waals surface area contributed by atoms with Crippen molar-refractivity contribution in [2.24, 2.45) is 11.7 Å². The van der Waals surface area contributed by atoms with E-state index < -0.39 is 12.1 Å². The van der Waals surface area contributed by atoms with Gasteiger partial charge in [0.05, 0.1) is 0 Å². The van der Waals surface area contributed by atoms with Gasteiger partial charge >= 0.3 is 6.03 Å². The van der Waals surface area contributed by atoms with Gasteiger partial charge in [0, 0.05) is 6.04 Å². The number of nitrogens with two attached hydrogens (primary N) is 1. The molecule has 3 amide bonds. The zero-order chi connectivity index (χ0) is 12.8. The number of nitrogens with one attached hydrogen (secondary N) is 2. The first-order valence-corrected chi connectivity index (χ1v) is 6.37. The monoisotopic (exact) mass is 241 g/mol. The molecule has 0 heterocycles. The minimum Gasteiger partial charge on any atom is -0.352 e. The van der Waals surface area contributed by atoms with Gasteiger partial charge in [-0.2, -0.15) is 0 Å². The fraction of sp³-hybridized carbons (Fsp3) is 0.833. The summed E-state index contributed by atoms with van der Waals surface area (Å²) in [7, 11) is 0. The fourth-order valence-corrected chi connectivity index (χ4v) is 2.23. The third-order valence-corrected chi connectivity index (χ3v) is 3.20. The molecule has 4 N–H and O–H groups in total. The van der Waals surface area contributed by atoms with Crippen molar-refractivity contribution >= 4 is 11.9 Å². The number of urea groups is 1. The lowest BCUT2D eigenvalue weighted by Gasteiger charge is -2.27. The topological polar surface area (TPSA) is 84.2 Å². The highest BCUT2D eigenvalue weighted by atomic mass is 16.2. The normalized spacial score (nSPS) is 18.8. The van der Waals surface area contributed by atoms with Crippen LogP contribution in [0.4, 0.5) is 4.79 Å². The van der Waals surface area contributed by atoms with Gasteiger partial charge in [0.15, 0.2) is 0 Å². The minimum absolute atomic E-state index is 0.0334. The second kappa shape index (κ2) is 6.47. The summed E-state index contributed by atoms with van der Waals surface area (Å²) in [6.45, 7) is 3.78. The van der Waals surface area contributed by atoms with Crippen molar-refractivity contribution in [2.75, 3.05) is 0 Å². The summed E-state index contributed by atoms with van der Waals surface area (Å²) in [6, 6.07) is -0.927. The first-order chi connectivity index (χ1) is 8.00. The van der Waals surface area contributed by atoms with E-state index in [-0.39, 0.29) is 17.9 Å². The minimum atomic E-state index is -0.650. The summed E-state index contributed by atoms with van der Waals surface area (Å²) in [5.41, 5.74) is 5.07. The van der Waals surface area contributed by atoms with Gasteiger partial charge in [-0.1, -0.05) is 33.1 Å². The number of amides is 3. The van der Waals surface area contributed by atoms with Gasteiger partial charge in [-0.25, -0.2) is 4.79 Å². The zero-order valence-electron chi connectivity index (χ0n) is 10.7. The van der Waals surface area contributed by atoms with Crippen LogP contribution in [0.2, 0.25) is 0 Å². The maximum absolute atomic E-state index is 12.0. The van der Waals surface area contributed by atoms with Crippen LogP contribution in [0.1, 0.15) is 46.0 Å². The summed E-state index contributed by atoms with van der Waals surface area (Å²) < 4.78 is 0. The first kappa shape index (κ1) is 13.8. The SMILES string of the molecule is CC(C)[C@@H](NC(N)=O)C(=O)NC1CCCCC1. The van der Waals surface area contributed by atoms with Crippen molar-refractivity contribution in [1.82, 2.24) is 10.6 Å². The van der Waals surface area contributed by atoms with Crippen LogP contribution in [0.3, 0.4) is 0 Å². The van der Waals surface area contributed by atoms with E-state index >= 15 is 0 Å². The summed E-state index contributed by atoms with van der Waals surface area (Å²) >= 11 is 0. The van der Waals surface area contributed by atoms with Gasteiger partial charge in [0.1, 0.15) is 6.04 Å². The number of primary amides is 1. The Bertz CT molecular complexity index is 273. The Balaban J connectivity index is 2.49. The fourth-order valence-electron chi connectivity index (χ4n) is 2.23. The van der Waals surface area contributed by atoms with E-state index in [2.05, 4.69) is 10.6 Å². The summed E-state index contributed by atoms with van der Waals surface area (Å²) in [5.74, 6) is -0.0863. The van der Waals surface area contributed by atoms with Gasteiger partial charge in [-0.05, 0) is 18.8 Å². The molecule has 5 nitrogen and oxygen atoms in total. The lowest BCUT2D eigenvalue weighted by atomic mass is 9.94. The number of carbonyl (C=O) groups excluding carboxylic acids is 2. The Morgan fingerprint density at radius 1 is 1.18 bits per heavy atom. The summed E-state index contributed by atoms with van der Waals surface area (Å²) in [4.78, 5) is 22.8. The van der Waals surface area contributed by atoms with Crippen molar-refractivity contribution in [3.05, 3.63) is 0 Å². The molecule has 0 bridgehead atoms. The van der Waals surface area contributed by atoms with Gasteiger partial charge in [0.25, 0.3) is 0 Å². The van der Waals surface area contributed by atoms with Crippen LogP contribution in [0.25, 0.3) is 0 Å². The third-order valence-electron chi connectivity index (χ3n) is 3.20. The molecular weight excluding hydrogens is 218 g/mol. The molecule has 0 aromatic heterocycles. The zero-order valence-corrected chi connectivity index (χ0v) is 10.7.